The highest BCUT2D eigenvalue weighted by Gasteiger charge is 2.43. The smallest absolute Gasteiger partial charge is 0.322 e. The Hall–Kier alpha value is -3.30. The molecule has 4 heterocycles. The molecule has 0 unspecified atom stereocenters. The summed E-state index contributed by atoms with van der Waals surface area (Å²) in [6.45, 7) is 1.16. The molecule has 2 aliphatic rings. The summed E-state index contributed by atoms with van der Waals surface area (Å²) in [5.74, 6) is -0.648. The van der Waals surface area contributed by atoms with Gasteiger partial charge in [-0.2, -0.15) is 4.39 Å². The quantitative estimate of drug-likeness (QED) is 0.370. The van der Waals surface area contributed by atoms with Crippen LogP contribution in [0.25, 0.3) is 11.1 Å². The molecule has 2 atom stereocenters. The largest absolute Gasteiger partial charge is 0.476 e. The normalized spacial score (nSPS) is 18.3. The Bertz CT molecular complexity index is 1260. The van der Waals surface area contributed by atoms with Crippen LogP contribution in [0.4, 0.5) is 19.3 Å². The SMILES string of the molecule is CNCCOc1ccc(-c2cc(F)c(NC(=O)N3[C@H]4CC[C@@H]3c3ccnc(F)c3C4)cc2Cl)cn1. The summed E-state index contributed by atoms with van der Waals surface area (Å²) < 4.78 is 34.7. The van der Waals surface area contributed by atoms with E-state index < -0.39 is 17.8 Å². The average molecular weight is 500 g/mol. The fourth-order valence-corrected chi connectivity index (χ4v) is 5.13. The average Bonchev–Trinajstić information content (AvgIpc) is 3.17. The minimum Gasteiger partial charge on any atom is -0.476 e. The molecular weight excluding hydrogens is 476 g/mol. The van der Waals surface area contributed by atoms with Crippen molar-refractivity contribution in [3.05, 3.63) is 70.6 Å². The molecule has 1 aromatic carbocycles. The number of carbonyl (C=O) groups is 1. The number of rotatable bonds is 6. The van der Waals surface area contributed by atoms with Crippen molar-refractivity contribution in [3.8, 4) is 17.0 Å². The van der Waals surface area contributed by atoms with Gasteiger partial charge in [-0.15, -0.1) is 0 Å². The molecule has 10 heteroatoms. The predicted molar refractivity (Wildman–Crippen MR) is 129 cm³/mol. The first-order valence-corrected chi connectivity index (χ1v) is 11.8. The number of hydrogen-bond donors (Lipinski definition) is 2. The van der Waals surface area contributed by atoms with Gasteiger partial charge in [-0.1, -0.05) is 11.6 Å². The molecule has 7 nitrogen and oxygen atoms in total. The maximum atomic E-state index is 15.0. The van der Waals surface area contributed by atoms with Crippen molar-refractivity contribution in [2.24, 2.45) is 0 Å². The summed E-state index contributed by atoms with van der Waals surface area (Å²) >= 11 is 6.45. The van der Waals surface area contributed by atoms with Gasteiger partial charge in [0.25, 0.3) is 0 Å². The number of ether oxygens (including phenoxy) is 1. The maximum absolute atomic E-state index is 15.0. The van der Waals surface area contributed by atoms with Crippen LogP contribution < -0.4 is 15.4 Å². The van der Waals surface area contributed by atoms with Gasteiger partial charge in [-0.25, -0.2) is 19.2 Å². The van der Waals surface area contributed by atoms with Crippen LogP contribution in [0.1, 0.15) is 30.0 Å². The van der Waals surface area contributed by atoms with E-state index in [-0.39, 0.29) is 22.8 Å². The monoisotopic (exact) mass is 499 g/mol. The molecule has 182 valence electrons. The Balaban J connectivity index is 1.33. The first-order chi connectivity index (χ1) is 17.0. The highest BCUT2D eigenvalue weighted by Crippen LogP contribution is 2.44. The van der Waals surface area contributed by atoms with Gasteiger partial charge < -0.3 is 20.3 Å². The van der Waals surface area contributed by atoms with Crippen LogP contribution in [0.2, 0.25) is 5.02 Å². The van der Waals surface area contributed by atoms with E-state index in [2.05, 4.69) is 20.6 Å². The van der Waals surface area contributed by atoms with E-state index in [1.807, 2.05) is 7.05 Å². The Morgan fingerprint density at radius 1 is 1.23 bits per heavy atom. The van der Waals surface area contributed by atoms with Gasteiger partial charge in [0.15, 0.2) is 0 Å². The van der Waals surface area contributed by atoms with Crippen LogP contribution in [0, 0.1) is 11.8 Å². The second-order valence-corrected chi connectivity index (χ2v) is 9.01. The molecule has 2 aromatic heterocycles. The molecular formula is C25H24ClF2N5O2. The van der Waals surface area contributed by atoms with E-state index in [1.165, 1.54) is 18.3 Å². The van der Waals surface area contributed by atoms with Gasteiger partial charge in [0, 0.05) is 47.7 Å². The van der Waals surface area contributed by atoms with Crippen LogP contribution in [-0.2, 0) is 6.42 Å². The minimum atomic E-state index is -0.618. The number of pyridine rings is 2. The number of nitrogens with one attached hydrogen (secondary N) is 2. The molecule has 2 aliphatic heterocycles. The number of nitrogens with zero attached hydrogens (tertiary/aromatic N) is 3. The van der Waals surface area contributed by atoms with Crippen molar-refractivity contribution < 1.29 is 18.3 Å². The van der Waals surface area contributed by atoms with E-state index in [9.17, 15) is 9.18 Å². The van der Waals surface area contributed by atoms with E-state index in [0.29, 0.717) is 42.1 Å². The highest BCUT2D eigenvalue weighted by molar-refractivity contribution is 6.33. The van der Waals surface area contributed by atoms with E-state index in [1.54, 1.807) is 29.3 Å². The molecule has 35 heavy (non-hydrogen) atoms. The Labute approximate surface area is 206 Å². The number of amides is 2. The van der Waals surface area contributed by atoms with Gasteiger partial charge in [-0.3, -0.25) is 0 Å². The zero-order valence-electron chi connectivity index (χ0n) is 19.0. The fourth-order valence-electron chi connectivity index (χ4n) is 4.85. The molecule has 0 saturated carbocycles. The molecule has 5 rings (SSSR count). The number of likely N-dealkylation sites (N-methyl/N-ethyl adjacent to an activating group) is 1. The zero-order valence-corrected chi connectivity index (χ0v) is 19.8. The topological polar surface area (TPSA) is 79.4 Å². The highest BCUT2D eigenvalue weighted by atomic mass is 35.5. The summed E-state index contributed by atoms with van der Waals surface area (Å²) in [6, 6.07) is 7.00. The van der Waals surface area contributed by atoms with Gasteiger partial charge in [0.05, 0.1) is 16.8 Å². The number of halogens is 3. The summed E-state index contributed by atoms with van der Waals surface area (Å²) in [5.41, 5.74) is 2.38. The first kappa shape index (κ1) is 23.4. The number of carbonyl (C=O) groups excluding carboxylic acids is 1. The summed E-state index contributed by atoms with van der Waals surface area (Å²) in [6.07, 6.45) is 4.83. The van der Waals surface area contributed by atoms with Crippen LogP contribution >= 0.6 is 11.6 Å². The van der Waals surface area contributed by atoms with E-state index in [0.717, 1.165) is 18.4 Å². The molecule has 1 fully saturated rings. The lowest BCUT2D eigenvalue weighted by Crippen LogP contribution is -2.44. The fraction of sp³-hybridized carbons (Fsp3) is 0.320. The lowest BCUT2D eigenvalue weighted by atomic mass is 9.95. The Morgan fingerprint density at radius 2 is 2.09 bits per heavy atom. The molecule has 3 aromatic rings. The third kappa shape index (κ3) is 4.53. The molecule has 0 spiro atoms. The molecule has 1 saturated heterocycles. The summed E-state index contributed by atoms with van der Waals surface area (Å²) in [7, 11) is 1.83. The van der Waals surface area contributed by atoms with E-state index >= 15 is 4.39 Å². The summed E-state index contributed by atoms with van der Waals surface area (Å²) in [5, 5.41) is 5.91. The molecule has 2 bridgehead atoms. The van der Waals surface area contributed by atoms with Crippen molar-refractivity contribution in [3.63, 3.8) is 0 Å². The molecule has 0 radical (unpaired) electrons. The molecule has 2 N–H and O–H groups in total. The number of hydrogen-bond acceptors (Lipinski definition) is 5. The van der Waals surface area contributed by atoms with Crippen LogP contribution in [0.15, 0.2) is 42.7 Å². The van der Waals surface area contributed by atoms with Crippen molar-refractivity contribution in [2.45, 2.75) is 31.3 Å². The maximum Gasteiger partial charge on any atom is 0.322 e. The second kappa shape index (κ2) is 9.75. The van der Waals surface area contributed by atoms with Crippen LogP contribution in [0.3, 0.4) is 0 Å². The molecule has 2 amide bonds. The van der Waals surface area contributed by atoms with Gasteiger partial charge in [-0.05, 0) is 56.1 Å². The van der Waals surface area contributed by atoms with Crippen molar-refractivity contribution >= 4 is 23.3 Å². The van der Waals surface area contributed by atoms with Gasteiger partial charge in [0.2, 0.25) is 11.8 Å². The van der Waals surface area contributed by atoms with Crippen molar-refractivity contribution in [1.82, 2.24) is 20.2 Å². The van der Waals surface area contributed by atoms with Crippen molar-refractivity contribution in [2.75, 3.05) is 25.5 Å². The number of aromatic nitrogens is 2. The Morgan fingerprint density at radius 3 is 2.86 bits per heavy atom. The standard InChI is InChI=1S/C25H24ClF2N5O2/c1-29-8-9-35-23-5-2-14(13-31-23)17-11-20(27)21(12-19(17)26)32-25(34)33-15-3-4-22(33)16-6-7-30-24(28)18(16)10-15/h2,5-7,11-13,15,22,29H,3-4,8-10H2,1H3,(H,32,34)/t15-,22+/m0/s1. The summed E-state index contributed by atoms with van der Waals surface area (Å²) in [4.78, 5) is 22.8. The molecule has 0 aliphatic carbocycles. The first-order valence-electron chi connectivity index (χ1n) is 11.4. The van der Waals surface area contributed by atoms with Crippen LogP contribution in [-0.4, -0.2) is 47.1 Å². The third-order valence-electron chi connectivity index (χ3n) is 6.52. The number of urea groups is 1. The Kier molecular flexibility index (Phi) is 6.53. The second-order valence-electron chi connectivity index (χ2n) is 8.61. The zero-order chi connectivity index (χ0) is 24.5. The lowest BCUT2D eigenvalue weighted by molar-refractivity contribution is 0.178. The predicted octanol–water partition coefficient (Wildman–Crippen LogP) is 4.97. The van der Waals surface area contributed by atoms with Crippen molar-refractivity contribution in [1.29, 1.82) is 0 Å². The third-order valence-corrected chi connectivity index (χ3v) is 6.84. The number of benzene rings is 1. The minimum absolute atomic E-state index is 0.0187. The van der Waals surface area contributed by atoms with Crippen LogP contribution in [0.5, 0.6) is 5.88 Å². The number of fused-ring (bicyclic) bond motifs is 4. The van der Waals surface area contributed by atoms with Gasteiger partial charge >= 0.3 is 6.03 Å². The van der Waals surface area contributed by atoms with E-state index in [4.69, 9.17) is 16.3 Å². The lowest BCUT2D eigenvalue weighted by Gasteiger charge is -2.36. The number of anilines is 1. The van der Waals surface area contributed by atoms with Gasteiger partial charge in [0.1, 0.15) is 12.4 Å².